The topological polar surface area (TPSA) is 59.3 Å². The van der Waals surface area contributed by atoms with Crippen molar-refractivity contribution >= 4 is 22.8 Å². The summed E-state index contributed by atoms with van der Waals surface area (Å²) in [5, 5.41) is 3.31. The highest BCUT2D eigenvalue weighted by atomic mass is 16.3. The number of hydrogen-bond acceptors (Lipinski definition) is 3. The van der Waals surface area contributed by atoms with Gasteiger partial charge < -0.3 is 4.42 Å². The van der Waals surface area contributed by atoms with E-state index in [1.165, 1.54) is 0 Å². The molecule has 1 aromatic heterocycles. The average molecular weight is 229 g/mol. The highest BCUT2D eigenvalue weighted by molar-refractivity contribution is 6.02. The molecule has 0 radical (unpaired) electrons. The second-order valence-electron chi connectivity index (χ2n) is 4.19. The minimum Gasteiger partial charge on any atom is -0.464 e. The van der Waals surface area contributed by atoms with Crippen molar-refractivity contribution in [1.29, 1.82) is 0 Å². The van der Waals surface area contributed by atoms with Crippen molar-refractivity contribution < 1.29 is 14.0 Å². The van der Waals surface area contributed by atoms with Crippen LogP contribution in [0.5, 0.6) is 0 Å². The molecule has 1 saturated heterocycles. The summed E-state index contributed by atoms with van der Waals surface area (Å²) in [6.07, 6.45) is 2.55. The van der Waals surface area contributed by atoms with E-state index >= 15 is 0 Å². The van der Waals surface area contributed by atoms with Gasteiger partial charge >= 0.3 is 0 Å². The largest absolute Gasteiger partial charge is 0.464 e. The maximum absolute atomic E-state index is 11.8. The summed E-state index contributed by atoms with van der Waals surface area (Å²) in [5.74, 6) is -0.705. The van der Waals surface area contributed by atoms with Gasteiger partial charge in [-0.15, -0.1) is 0 Å². The Labute approximate surface area is 97.6 Å². The first kappa shape index (κ1) is 10.1. The van der Waals surface area contributed by atoms with Crippen molar-refractivity contribution in [3.63, 3.8) is 0 Å². The fraction of sp³-hybridized carbons (Fsp3) is 0.231. The van der Waals surface area contributed by atoms with Crippen molar-refractivity contribution in [3.8, 4) is 0 Å². The number of furan rings is 1. The number of piperidine rings is 1. The standard InChI is InChI=1S/C13H11NO3/c15-12-6-5-9(13(16)14-12)10-7-17-11-4-2-1-3-8(10)11/h1-4,7,9H,5-6H2,(H,14,15,16). The molecule has 2 amide bonds. The lowest BCUT2D eigenvalue weighted by atomic mass is 9.90. The van der Waals surface area contributed by atoms with E-state index in [0.29, 0.717) is 12.8 Å². The molecule has 1 aliphatic rings. The van der Waals surface area contributed by atoms with Gasteiger partial charge in [-0.2, -0.15) is 0 Å². The molecule has 4 heteroatoms. The molecule has 86 valence electrons. The molecule has 17 heavy (non-hydrogen) atoms. The Morgan fingerprint density at radius 1 is 1.24 bits per heavy atom. The van der Waals surface area contributed by atoms with Gasteiger partial charge in [0.15, 0.2) is 0 Å². The van der Waals surface area contributed by atoms with E-state index in [-0.39, 0.29) is 17.7 Å². The van der Waals surface area contributed by atoms with Crippen LogP contribution in [-0.2, 0) is 9.59 Å². The Kier molecular flexibility index (Phi) is 2.21. The van der Waals surface area contributed by atoms with Crippen molar-refractivity contribution in [2.24, 2.45) is 0 Å². The van der Waals surface area contributed by atoms with Crippen LogP contribution in [0.15, 0.2) is 34.9 Å². The molecule has 0 spiro atoms. The quantitative estimate of drug-likeness (QED) is 0.760. The number of fused-ring (bicyclic) bond motifs is 1. The molecular formula is C13H11NO3. The lowest BCUT2D eigenvalue weighted by Gasteiger charge is -2.19. The lowest BCUT2D eigenvalue weighted by Crippen LogP contribution is -2.39. The average Bonchev–Trinajstić information content (AvgIpc) is 2.73. The van der Waals surface area contributed by atoms with Crippen LogP contribution in [0.1, 0.15) is 24.3 Å². The SMILES string of the molecule is O=C1CCC(c2coc3ccccc23)C(=O)N1. The van der Waals surface area contributed by atoms with Gasteiger partial charge in [-0.25, -0.2) is 0 Å². The van der Waals surface area contributed by atoms with E-state index in [2.05, 4.69) is 5.32 Å². The number of carbonyl (C=O) groups excluding carboxylic acids is 2. The van der Waals surface area contributed by atoms with Crippen molar-refractivity contribution in [2.45, 2.75) is 18.8 Å². The van der Waals surface area contributed by atoms with Crippen molar-refractivity contribution in [3.05, 3.63) is 36.1 Å². The van der Waals surface area contributed by atoms with Gasteiger partial charge in [0.1, 0.15) is 5.58 Å². The van der Waals surface area contributed by atoms with Crippen LogP contribution in [0.25, 0.3) is 11.0 Å². The Hall–Kier alpha value is -2.10. The molecule has 1 N–H and O–H groups in total. The number of benzene rings is 1. The molecule has 0 saturated carbocycles. The predicted octanol–water partition coefficient (Wildman–Crippen LogP) is 1.95. The summed E-state index contributed by atoms with van der Waals surface area (Å²) in [4.78, 5) is 22.9. The first-order valence-electron chi connectivity index (χ1n) is 5.55. The van der Waals surface area contributed by atoms with Gasteiger partial charge in [0, 0.05) is 17.4 Å². The number of imide groups is 1. The van der Waals surface area contributed by atoms with Crippen molar-refractivity contribution in [2.75, 3.05) is 0 Å². The molecule has 2 heterocycles. The monoisotopic (exact) mass is 229 g/mol. The molecule has 0 bridgehead atoms. The molecule has 3 rings (SSSR count). The first-order valence-corrected chi connectivity index (χ1v) is 5.55. The van der Waals surface area contributed by atoms with Crippen LogP contribution in [0.2, 0.25) is 0 Å². The molecule has 1 aliphatic heterocycles. The Morgan fingerprint density at radius 2 is 2.06 bits per heavy atom. The summed E-state index contributed by atoms with van der Waals surface area (Å²) in [6, 6.07) is 7.59. The summed E-state index contributed by atoms with van der Waals surface area (Å²) in [5.41, 5.74) is 1.64. The molecule has 1 atom stereocenters. The summed E-state index contributed by atoms with van der Waals surface area (Å²) >= 11 is 0. The molecule has 4 nitrogen and oxygen atoms in total. The summed E-state index contributed by atoms with van der Waals surface area (Å²) in [7, 11) is 0. The second kappa shape index (κ2) is 3.73. The van der Waals surface area contributed by atoms with Crippen LogP contribution in [0.3, 0.4) is 0 Å². The molecular weight excluding hydrogens is 218 g/mol. The Bertz CT molecular complexity index is 599. The summed E-state index contributed by atoms with van der Waals surface area (Å²) < 4.78 is 5.41. The number of amides is 2. The molecule has 1 fully saturated rings. The van der Waals surface area contributed by atoms with E-state index in [9.17, 15) is 9.59 Å². The lowest BCUT2D eigenvalue weighted by molar-refractivity contribution is -0.134. The van der Waals surface area contributed by atoms with Gasteiger partial charge in [-0.05, 0) is 12.5 Å². The smallest absolute Gasteiger partial charge is 0.234 e. The predicted molar refractivity (Wildman–Crippen MR) is 61.3 cm³/mol. The molecule has 1 unspecified atom stereocenters. The van der Waals surface area contributed by atoms with E-state index in [1.54, 1.807) is 6.26 Å². The minimum atomic E-state index is -0.281. The van der Waals surface area contributed by atoms with Crippen molar-refractivity contribution in [1.82, 2.24) is 5.32 Å². The van der Waals surface area contributed by atoms with E-state index in [4.69, 9.17) is 4.42 Å². The number of carbonyl (C=O) groups is 2. The van der Waals surface area contributed by atoms with Gasteiger partial charge in [0.2, 0.25) is 11.8 Å². The van der Waals surface area contributed by atoms with Gasteiger partial charge in [-0.3, -0.25) is 14.9 Å². The zero-order chi connectivity index (χ0) is 11.8. The van der Waals surface area contributed by atoms with E-state index in [1.807, 2.05) is 24.3 Å². The summed E-state index contributed by atoms with van der Waals surface area (Å²) in [6.45, 7) is 0. The number of hydrogen-bond donors (Lipinski definition) is 1. The van der Waals surface area contributed by atoms with E-state index in [0.717, 1.165) is 16.5 Å². The van der Waals surface area contributed by atoms with Gasteiger partial charge in [-0.1, -0.05) is 18.2 Å². The zero-order valence-corrected chi connectivity index (χ0v) is 9.10. The van der Waals surface area contributed by atoms with Gasteiger partial charge in [0.25, 0.3) is 0 Å². The van der Waals surface area contributed by atoms with Crippen LogP contribution < -0.4 is 5.32 Å². The third-order valence-electron chi connectivity index (χ3n) is 3.13. The Balaban J connectivity index is 2.04. The maximum atomic E-state index is 11.8. The number of rotatable bonds is 1. The highest BCUT2D eigenvalue weighted by Crippen LogP contribution is 2.32. The van der Waals surface area contributed by atoms with Crippen LogP contribution in [0, 0.1) is 0 Å². The third-order valence-corrected chi connectivity index (χ3v) is 3.13. The maximum Gasteiger partial charge on any atom is 0.234 e. The van der Waals surface area contributed by atoms with Crippen LogP contribution >= 0.6 is 0 Å². The normalized spacial score (nSPS) is 20.6. The van der Waals surface area contributed by atoms with Crippen LogP contribution in [-0.4, -0.2) is 11.8 Å². The molecule has 1 aromatic carbocycles. The fourth-order valence-corrected chi connectivity index (χ4v) is 2.26. The number of nitrogens with one attached hydrogen (secondary N) is 1. The second-order valence-corrected chi connectivity index (χ2v) is 4.19. The van der Waals surface area contributed by atoms with E-state index < -0.39 is 0 Å². The first-order chi connectivity index (χ1) is 8.25. The number of para-hydroxylation sites is 1. The Morgan fingerprint density at radius 3 is 2.88 bits per heavy atom. The van der Waals surface area contributed by atoms with Gasteiger partial charge in [0.05, 0.1) is 12.2 Å². The minimum absolute atomic E-state index is 0.195. The third kappa shape index (κ3) is 1.62. The van der Waals surface area contributed by atoms with Crippen LogP contribution in [0.4, 0.5) is 0 Å². The highest BCUT2D eigenvalue weighted by Gasteiger charge is 2.30. The molecule has 0 aliphatic carbocycles. The fourth-order valence-electron chi connectivity index (χ4n) is 2.26. The zero-order valence-electron chi connectivity index (χ0n) is 9.10. The molecule has 2 aromatic rings.